The molecular formula is C21H21N3O4. The van der Waals surface area contributed by atoms with Crippen molar-refractivity contribution in [3.8, 4) is 11.1 Å². The summed E-state index contributed by atoms with van der Waals surface area (Å²) in [6.07, 6.45) is -0.0273. The van der Waals surface area contributed by atoms with E-state index in [4.69, 9.17) is 4.74 Å². The van der Waals surface area contributed by atoms with E-state index in [1.54, 1.807) is 0 Å². The van der Waals surface area contributed by atoms with E-state index in [1.165, 1.54) is 0 Å². The Balaban J connectivity index is 1.39. The Morgan fingerprint density at radius 2 is 1.68 bits per heavy atom. The zero-order valence-corrected chi connectivity index (χ0v) is 15.5. The minimum absolute atomic E-state index is 0.0654. The van der Waals surface area contributed by atoms with Crippen LogP contribution in [0.3, 0.4) is 0 Å². The van der Waals surface area contributed by atoms with Gasteiger partial charge in [-0.2, -0.15) is 10.2 Å². The number of fused-ring (bicyclic) bond motifs is 3. The highest BCUT2D eigenvalue weighted by atomic mass is 16.5. The van der Waals surface area contributed by atoms with Crippen molar-refractivity contribution in [1.29, 1.82) is 0 Å². The Morgan fingerprint density at radius 3 is 2.21 bits per heavy atom. The largest absolute Gasteiger partial charge is 0.480 e. The summed E-state index contributed by atoms with van der Waals surface area (Å²) in [5, 5.41) is 19.5. The highest BCUT2D eigenvalue weighted by molar-refractivity contribution is 5.81. The molecule has 2 aromatic rings. The minimum Gasteiger partial charge on any atom is -0.480 e. The predicted molar refractivity (Wildman–Crippen MR) is 102 cm³/mol. The molecule has 1 amide bonds. The van der Waals surface area contributed by atoms with E-state index in [2.05, 4.69) is 27.7 Å². The lowest BCUT2D eigenvalue weighted by atomic mass is 9.98. The number of hydrogen-bond acceptors (Lipinski definition) is 5. The summed E-state index contributed by atoms with van der Waals surface area (Å²) >= 11 is 0. The number of benzene rings is 2. The SMILES string of the molecule is CC1(CC[C@H](NC(=O)OCC2c3ccccc3-c3ccccc32)C(=O)O)N=N1. The molecule has 2 aliphatic rings. The summed E-state index contributed by atoms with van der Waals surface area (Å²) in [6.45, 7) is 1.97. The van der Waals surface area contributed by atoms with E-state index in [1.807, 2.05) is 43.3 Å². The van der Waals surface area contributed by atoms with Gasteiger partial charge in [0.2, 0.25) is 0 Å². The molecule has 4 rings (SSSR count). The Kier molecular flexibility index (Phi) is 4.58. The van der Waals surface area contributed by atoms with Crippen LogP contribution in [0.15, 0.2) is 58.8 Å². The Hall–Kier alpha value is -3.22. The number of ether oxygens (including phenoxy) is 1. The quantitative estimate of drug-likeness (QED) is 0.761. The van der Waals surface area contributed by atoms with Gasteiger partial charge in [0.25, 0.3) is 0 Å². The van der Waals surface area contributed by atoms with Crippen molar-refractivity contribution < 1.29 is 19.4 Å². The maximum Gasteiger partial charge on any atom is 0.407 e. The fourth-order valence-electron chi connectivity index (χ4n) is 3.64. The fraction of sp³-hybridized carbons (Fsp3) is 0.333. The molecule has 0 bridgehead atoms. The zero-order valence-electron chi connectivity index (χ0n) is 15.5. The third-order valence-corrected chi connectivity index (χ3v) is 5.28. The molecule has 2 aromatic carbocycles. The maximum absolute atomic E-state index is 12.2. The fourth-order valence-corrected chi connectivity index (χ4v) is 3.64. The second-order valence-corrected chi connectivity index (χ2v) is 7.32. The molecule has 0 unspecified atom stereocenters. The maximum atomic E-state index is 12.2. The van der Waals surface area contributed by atoms with Gasteiger partial charge in [-0.15, -0.1) is 0 Å². The number of carbonyl (C=O) groups is 2. The van der Waals surface area contributed by atoms with Crippen LogP contribution in [0.25, 0.3) is 11.1 Å². The van der Waals surface area contributed by atoms with E-state index in [0.29, 0.717) is 6.42 Å². The van der Waals surface area contributed by atoms with Gasteiger partial charge in [-0.05, 0) is 42.0 Å². The number of rotatable bonds is 7. The van der Waals surface area contributed by atoms with Crippen LogP contribution in [0.1, 0.15) is 36.8 Å². The molecule has 1 aliphatic carbocycles. The van der Waals surface area contributed by atoms with Crippen molar-refractivity contribution >= 4 is 12.1 Å². The molecule has 0 saturated heterocycles. The standard InChI is InChI=1S/C21H21N3O4/c1-21(23-24-21)11-10-18(19(25)26)22-20(27)28-12-17-15-8-4-2-6-13(15)14-7-3-5-9-16(14)17/h2-9,17-18H,10-12H2,1H3,(H,22,27)(H,25,26)/t18-/m0/s1. The number of carboxylic acid groups (broad SMARTS) is 1. The van der Waals surface area contributed by atoms with Crippen molar-refractivity contribution in [1.82, 2.24) is 5.32 Å². The first-order valence-electron chi connectivity index (χ1n) is 9.25. The van der Waals surface area contributed by atoms with Gasteiger partial charge in [-0.25, -0.2) is 9.59 Å². The molecule has 0 spiro atoms. The molecule has 144 valence electrons. The third-order valence-electron chi connectivity index (χ3n) is 5.28. The van der Waals surface area contributed by atoms with Gasteiger partial charge in [0.15, 0.2) is 5.66 Å². The second kappa shape index (κ2) is 7.07. The smallest absolute Gasteiger partial charge is 0.407 e. The summed E-state index contributed by atoms with van der Waals surface area (Å²) in [6, 6.07) is 15.1. The van der Waals surface area contributed by atoms with Crippen LogP contribution in [-0.4, -0.2) is 35.5 Å². The molecule has 1 atom stereocenters. The number of hydrogen-bond donors (Lipinski definition) is 2. The van der Waals surface area contributed by atoms with Gasteiger partial charge < -0.3 is 15.2 Å². The highest BCUT2D eigenvalue weighted by Crippen LogP contribution is 2.44. The number of nitrogens with one attached hydrogen (secondary N) is 1. The molecule has 1 aliphatic heterocycles. The van der Waals surface area contributed by atoms with Gasteiger partial charge in [-0.1, -0.05) is 48.5 Å². The topological polar surface area (TPSA) is 100 Å². The lowest BCUT2D eigenvalue weighted by Crippen LogP contribution is -2.42. The van der Waals surface area contributed by atoms with Crippen molar-refractivity contribution in [3.63, 3.8) is 0 Å². The third kappa shape index (κ3) is 3.60. The van der Waals surface area contributed by atoms with Crippen molar-refractivity contribution in [3.05, 3.63) is 59.7 Å². The monoisotopic (exact) mass is 379 g/mol. The number of carbonyl (C=O) groups excluding carboxylic acids is 1. The molecule has 28 heavy (non-hydrogen) atoms. The van der Waals surface area contributed by atoms with E-state index >= 15 is 0 Å². The molecule has 2 N–H and O–H groups in total. The normalized spacial score (nSPS) is 16.8. The van der Waals surface area contributed by atoms with Gasteiger partial charge in [0, 0.05) is 5.92 Å². The lowest BCUT2D eigenvalue weighted by molar-refractivity contribution is -0.139. The number of carboxylic acids is 1. The van der Waals surface area contributed by atoms with Crippen LogP contribution in [0.5, 0.6) is 0 Å². The lowest BCUT2D eigenvalue weighted by Gasteiger charge is -2.17. The average molecular weight is 379 g/mol. The Bertz CT molecular complexity index is 905. The molecule has 1 heterocycles. The van der Waals surface area contributed by atoms with Gasteiger partial charge in [-0.3, -0.25) is 0 Å². The van der Waals surface area contributed by atoms with E-state index in [-0.39, 0.29) is 18.9 Å². The molecular weight excluding hydrogens is 358 g/mol. The molecule has 7 heteroatoms. The second-order valence-electron chi connectivity index (χ2n) is 7.32. The first kappa shape index (κ1) is 18.2. The minimum atomic E-state index is -1.10. The summed E-state index contributed by atoms with van der Waals surface area (Å²) < 4.78 is 5.41. The van der Waals surface area contributed by atoms with Gasteiger partial charge in [0.1, 0.15) is 12.6 Å². The van der Waals surface area contributed by atoms with E-state index in [0.717, 1.165) is 22.3 Å². The zero-order chi connectivity index (χ0) is 19.7. The van der Waals surface area contributed by atoms with Crippen LogP contribution in [-0.2, 0) is 9.53 Å². The van der Waals surface area contributed by atoms with Gasteiger partial charge in [0.05, 0.1) is 0 Å². The first-order valence-corrected chi connectivity index (χ1v) is 9.25. The molecule has 0 saturated carbocycles. The van der Waals surface area contributed by atoms with Crippen LogP contribution < -0.4 is 5.32 Å². The van der Waals surface area contributed by atoms with E-state index < -0.39 is 23.8 Å². The molecule has 0 radical (unpaired) electrons. The Morgan fingerprint density at radius 1 is 1.11 bits per heavy atom. The molecule has 0 aromatic heterocycles. The highest BCUT2D eigenvalue weighted by Gasteiger charge is 2.36. The Labute approximate surface area is 162 Å². The van der Waals surface area contributed by atoms with Crippen LogP contribution in [0, 0.1) is 0 Å². The summed E-state index contributed by atoms with van der Waals surface area (Å²) in [5.74, 6) is -1.16. The first-order chi connectivity index (χ1) is 13.5. The van der Waals surface area contributed by atoms with Crippen LogP contribution in [0.2, 0.25) is 0 Å². The average Bonchev–Trinajstić information content (AvgIpc) is 3.34. The molecule has 0 fully saturated rings. The molecule has 7 nitrogen and oxygen atoms in total. The van der Waals surface area contributed by atoms with Gasteiger partial charge >= 0.3 is 12.1 Å². The number of nitrogens with zero attached hydrogens (tertiary/aromatic N) is 2. The predicted octanol–water partition coefficient (Wildman–Crippen LogP) is 3.94. The summed E-state index contributed by atoms with van der Waals surface area (Å²) in [7, 11) is 0. The van der Waals surface area contributed by atoms with Crippen molar-refractivity contribution in [2.45, 2.75) is 37.4 Å². The summed E-state index contributed by atoms with van der Waals surface area (Å²) in [4.78, 5) is 23.7. The number of aliphatic carboxylic acids is 1. The van der Waals surface area contributed by atoms with E-state index in [9.17, 15) is 14.7 Å². The van der Waals surface area contributed by atoms with Crippen LogP contribution >= 0.6 is 0 Å². The van der Waals surface area contributed by atoms with Crippen LogP contribution in [0.4, 0.5) is 4.79 Å². The van der Waals surface area contributed by atoms with Crippen molar-refractivity contribution in [2.75, 3.05) is 6.61 Å². The summed E-state index contributed by atoms with van der Waals surface area (Å²) in [5.41, 5.74) is 3.99. The van der Waals surface area contributed by atoms with Crippen molar-refractivity contribution in [2.24, 2.45) is 10.2 Å². The number of amides is 1. The number of alkyl carbamates (subject to hydrolysis) is 1.